The average molecular weight is 240 g/mol. The molecule has 90 valence electrons. The van der Waals surface area contributed by atoms with E-state index < -0.39 is 0 Å². The van der Waals surface area contributed by atoms with Crippen LogP contribution in [0.15, 0.2) is 18.2 Å². The maximum Gasteiger partial charge on any atom is 0.143 e. The van der Waals surface area contributed by atoms with Crippen LogP contribution in [0, 0.1) is 0 Å². The molecule has 0 aliphatic heterocycles. The minimum atomic E-state index is 0.217. The Bertz CT molecular complexity index is 353. The summed E-state index contributed by atoms with van der Waals surface area (Å²) in [5.41, 5.74) is 7.45. The molecule has 0 unspecified atom stereocenters. The zero-order valence-corrected chi connectivity index (χ0v) is 11.1. The summed E-state index contributed by atoms with van der Waals surface area (Å²) in [5.74, 6) is 0.715. The van der Waals surface area contributed by atoms with Crippen molar-refractivity contribution in [3.63, 3.8) is 0 Å². The van der Waals surface area contributed by atoms with Gasteiger partial charge >= 0.3 is 0 Å². The summed E-state index contributed by atoms with van der Waals surface area (Å²) < 4.78 is 5.39. The summed E-state index contributed by atoms with van der Waals surface area (Å²) in [4.78, 5) is 0. The summed E-state index contributed by atoms with van der Waals surface area (Å²) in [6, 6.07) is 5.74. The summed E-state index contributed by atoms with van der Waals surface area (Å²) in [7, 11) is 1.63. The van der Waals surface area contributed by atoms with Gasteiger partial charge in [-0.05, 0) is 32.2 Å². The fraction of sp³-hybridized carbons (Fsp3) is 0.500. The van der Waals surface area contributed by atoms with Gasteiger partial charge in [0.2, 0.25) is 0 Å². The SMILES string of the molecule is COc1cc(NCC(C)(C)SC)ccc1N. The molecular formula is C12H20N2OS. The zero-order chi connectivity index (χ0) is 12.2. The van der Waals surface area contributed by atoms with E-state index in [2.05, 4.69) is 25.4 Å². The molecule has 4 heteroatoms. The van der Waals surface area contributed by atoms with Gasteiger partial charge in [0.1, 0.15) is 5.75 Å². The van der Waals surface area contributed by atoms with Crippen molar-refractivity contribution in [1.82, 2.24) is 0 Å². The van der Waals surface area contributed by atoms with Gasteiger partial charge in [-0.1, -0.05) is 0 Å². The molecule has 0 spiro atoms. The first-order chi connectivity index (χ1) is 7.48. The molecule has 0 amide bonds. The molecule has 0 aromatic heterocycles. The number of thioether (sulfide) groups is 1. The highest BCUT2D eigenvalue weighted by Gasteiger charge is 2.15. The van der Waals surface area contributed by atoms with E-state index in [-0.39, 0.29) is 4.75 Å². The molecule has 0 heterocycles. The fourth-order valence-corrected chi connectivity index (χ4v) is 1.42. The van der Waals surface area contributed by atoms with Gasteiger partial charge in [-0.25, -0.2) is 0 Å². The van der Waals surface area contributed by atoms with Gasteiger partial charge in [0.15, 0.2) is 0 Å². The van der Waals surface area contributed by atoms with E-state index in [1.807, 2.05) is 30.0 Å². The number of nitrogens with two attached hydrogens (primary N) is 1. The van der Waals surface area contributed by atoms with Crippen LogP contribution in [0.1, 0.15) is 13.8 Å². The highest BCUT2D eigenvalue weighted by molar-refractivity contribution is 7.99. The van der Waals surface area contributed by atoms with Crippen molar-refractivity contribution < 1.29 is 4.74 Å². The highest BCUT2D eigenvalue weighted by atomic mass is 32.2. The molecule has 0 fully saturated rings. The molecule has 0 aliphatic rings. The van der Waals surface area contributed by atoms with Crippen molar-refractivity contribution in [3.05, 3.63) is 18.2 Å². The first-order valence-corrected chi connectivity index (χ1v) is 6.43. The lowest BCUT2D eigenvalue weighted by Crippen LogP contribution is -2.25. The number of anilines is 2. The molecule has 16 heavy (non-hydrogen) atoms. The van der Waals surface area contributed by atoms with Crippen LogP contribution < -0.4 is 15.8 Å². The Hall–Kier alpha value is -1.03. The number of rotatable bonds is 5. The van der Waals surface area contributed by atoms with E-state index in [0.717, 1.165) is 12.2 Å². The largest absolute Gasteiger partial charge is 0.495 e. The second-order valence-corrected chi connectivity index (χ2v) is 5.79. The molecular weight excluding hydrogens is 220 g/mol. The van der Waals surface area contributed by atoms with Crippen molar-refractivity contribution in [2.24, 2.45) is 0 Å². The lowest BCUT2D eigenvalue weighted by Gasteiger charge is -2.23. The number of methoxy groups -OCH3 is 1. The fourth-order valence-electron chi connectivity index (χ4n) is 1.21. The Balaban J connectivity index is 2.68. The van der Waals surface area contributed by atoms with Gasteiger partial charge in [0, 0.05) is 23.0 Å². The number of hydrogen-bond acceptors (Lipinski definition) is 4. The predicted octanol–water partition coefficient (Wildman–Crippen LogP) is 2.83. The van der Waals surface area contributed by atoms with Crippen molar-refractivity contribution >= 4 is 23.1 Å². The molecule has 0 aliphatic carbocycles. The van der Waals surface area contributed by atoms with Gasteiger partial charge in [0.25, 0.3) is 0 Å². The van der Waals surface area contributed by atoms with Crippen LogP contribution in [0.3, 0.4) is 0 Å². The summed E-state index contributed by atoms with van der Waals surface area (Å²) in [5, 5.41) is 3.38. The summed E-state index contributed by atoms with van der Waals surface area (Å²) >= 11 is 1.84. The van der Waals surface area contributed by atoms with Crippen LogP contribution in [0.2, 0.25) is 0 Å². The third-order valence-electron chi connectivity index (χ3n) is 2.50. The van der Waals surface area contributed by atoms with E-state index in [9.17, 15) is 0 Å². The monoisotopic (exact) mass is 240 g/mol. The Labute approximate surface area is 102 Å². The molecule has 3 nitrogen and oxygen atoms in total. The quantitative estimate of drug-likeness (QED) is 0.777. The van der Waals surface area contributed by atoms with Crippen LogP contribution in [0.25, 0.3) is 0 Å². The first kappa shape index (κ1) is 13.0. The van der Waals surface area contributed by atoms with E-state index in [1.54, 1.807) is 7.11 Å². The molecule has 1 aromatic rings. The topological polar surface area (TPSA) is 47.3 Å². The molecule has 0 radical (unpaired) electrons. The smallest absolute Gasteiger partial charge is 0.143 e. The predicted molar refractivity (Wildman–Crippen MR) is 73.5 cm³/mol. The van der Waals surface area contributed by atoms with E-state index >= 15 is 0 Å². The molecule has 1 aromatic carbocycles. The minimum Gasteiger partial charge on any atom is -0.495 e. The number of nitrogen functional groups attached to an aromatic ring is 1. The zero-order valence-electron chi connectivity index (χ0n) is 10.3. The Morgan fingerprint density at radius 1 is 1.44 bits per heavy atom. The standard InChI is InChI=1S/C12H20N2OS/c1-12(2,16-4)8-14-9-5-6-10(13)11(7-9)15-3/h5-7,14H,8,13H2,1-4H3. The van der Waals surface area contributed by atoms with Gasteiger partial charge < -0.3 is 15.8 Å². The third kappa shape index (κ3) is 3.52. The Morgan fingerprint density at radius 2 is 2.12 bits per heavy atom. The number of benzene rings is 1. The van der Waals surface area contributed by atoms with Crippen LogP contribution in [-0.2, 0) is 0 Å². The molecule has 3 N–H and O–H groups in total. The van der Waals surface area contributed by atoms with Gasteiger partial charge in [-0.3, -0.25) is 0 Å². The van der Waals surface area contributed by atoms with Crippen LogP contribution in [-0.4, -0.2) is 24.7 Å². The molecule has 1 rings (SSSR count). The van der Waals surface area contributed by atoms with Crippen LogP contribution in [0.5, 0.6) is 5.75 Å². The second-order valence-electron chi connectivity index (χ2n) is 4.27. The van der Waals surface area contributed by atoms with E-state index in [0.29, 0.717) is 11.4 Å². The third-order valence-corrected chi connectivity index (χ3v) is 3.75. The second kappa shape index (κ2) is 5.34. The van der Waals surface area contributed by atoms with Crippen LogP contribution in [0.4, 0.5) is 11.4 Å². The van der Waals surface area contributed by atoms with E-state index in [1.165, 1.54) is 0 Å². The van der Waals surface area contributed by atoms with Crippen molar-refractivity contribution in [2.75, 3.05) is 31.0 Å². The van der Waals surface area contributed by atoms with E-state index in [4.69, 9.17) is 10.5 Å². The minimum absolute atomic E-state index is 0.217. The van der Waals surface area contributed by atoms with Gasteiger partial charge in [-0.15, -0.1) is 0 Å². The summed E-state index contributed by atoms with van der Waals surface area (Å²) in [6.07, 6.45) is 2.12. The van der Waals surface area contributed by atoms with Gasteiger partial charge in [0.05, 0.1) is 12.8 Å². The van der Waals surface area contributed by atoms with Gasteiger partial charge in [-0.2, -0.15) is 11.8 Å². The number of nitrogens with one attached hydrogen (secondary N) is 1. The molecule has 0 atom stereocenters. The number of hydrogen-bond donors (Lipinski definition) is 2. The van der Waals surface area contributed by atoms with Crippen molar-refractivity contribution in [1.29, 1.82) is 0 Å². The van der Waals surface area contributed by atoms with Crippen molar-refractivity contribution in [3.8, 4) is 5.75 Å². The van der Waals surface area contributed by atoms with Crippen LogP contribution >= 0.6 is 11.8 Å². The first-order valence-electron chi connectivity index (χ1n) is 5.21. The Kier molecular flexibility index (Phi) is 4.35. The average Bonchev–Trinajstić information content (AvgIpc) is 2.28. The highest BCUT2D eigenvalue weighted by Crippen LogP contribution is 2.26. The molecule has 0 bridgehead atoms. The Morgan fingerprint density at radius 3 is 2.69 bits per heavy atom. The molecule has 0 saturated heterocycles. The molecule has 0 saturated carbocycles. The normalized spacial score (nSPS) is 11.2. The lowest BCUT2D eigenvalue weighted by atomic mass is 10.2. The number of ether oxygens (including phenoxy) is 1. The lowest BCUT2D eigenvalue weighted by molar-refractivity contribution is 0.417. The maximum absolute atomic E-state index is 5.75. The maximum atomic E-state index is 5.75. The van der Waals surface area contributed by atoms with Crippen molar-refractivity contribution in [2.45, 2.75) is 18.6 Å². The summed E-state index contributed by atoms with van der Waals surface area (Å²) in [6.45, 7) is 5.32.